The molecule has 0 saturated carbocycles. The number of hydrogen-bond donors (Lipinski definition) is 0. The zero-order valence-corrected chi connectivity index (χ0v) is 7.36. The molecule has 0 bridgehead atoms. The molecule has 0 aromatic heterocycles. The largest absolute Gasteiger partial charge is 0.454 e. The average Bonchev–Trinajstić information content (AvgIpc) is 2.64. The van der Waals surface area contributed by atoms with E-state index in [0.717, 1.165) is 5.56 Å². The summed E-state index contributed by atoms with van der Waals surface area (Å²) in [6, 6.07) is 5.19. The molecule has 1 aliphatic heterocycles. The van der Waals surface area contributed by atoms with E-state index in [1.807, 2.05) is 0 Å². The van der Waals surface area contributed by atoms with Crippen LogP contribution in [0.3, 0.4) is 0 Å². The van der Waals surface area contributed by atoms with Crippen LogP contribution < -0.4 is 9.47 Å². The summed E-state index contributed by atoms with van der Waals surface area (Å²) in [4.78, 5) is 21.0. The van der Waals surface area contributed by atoms with Gasteiger partial charge >= 0.3 is 0 Å². The van der Waals surface area contributed by atoms with Gasteiger partial charge in [0.25, 0.3) is 0 Å². The molecule has 0 unspecified atom stereocenters. The molecule has 1 heterocycles. The van der Waals surface area contributed by atoms with Crippen LogP contribution in [0.5, 0.6) is 11.5 Å². The highest BCUT2D eigenvalue weighted by Crippen LogP contribution is 2.32. The van der Waals surface area contributed by atoms with Gasteiger partial charge in [0.05, 0.1) is 0 Å². The van der Waals surface area contributed by atoms with Crippen LogP contribution in [0.1, 0.15) is 5.56 Å². The summed E-state index contributed by atoms with van der Waals surface area (Å²) in [5.74, 6) is 0.859. The van der Waals surface area contributed by atoms with Gasteiger partial charge in [0, 0.05) is 6.42 Å². The lowest BCUT2D eigenvalue weighted by Gasteiger charge is -1.99. The second kappa shape index (κ2) is 3.49. The molecule has 0 amide bonds. The van der Waals surface area contributed by atoms with Gasteiger partial charge in [0.15, 0.2) is 23.6 Å². The summed E-state index contributed by atoms with van der Waals surface area (Å²) in [6.07, 6.45) is 0.435. The van der Waals surface area contributed by atoms with Gasteiger partial charge in [-0.15, -0.1) is 0 Å². The van der Waals surface area contributed by atoms with Crippen LogP contribution in [-0.4, -0.2) is 18.9 Å². The van der Waals surface area contributed by atoms with E-state index in [0.29, 0.717) is 17.8 Å². The predicted octanol–water partition coefficient (Wildman–Crippen LogP) is 0.726. The molecule has 4 heteroatoms. The molecule has 0 N–H and O–H groups in total. The van der Waals surface area contributed by atoms with Crippen LogP contribution in [0.15, 0.2) is 18.2 Å². The Kier molecular flexibility index (Phi) is 2.18. The summed E-state index contributed by atoms with van der Waals surface area (Å²) < 4.78 is 10.2. The SMILES string of the molecule is O=CC(=O)Cc1ccc2c(c1)OCO2. The van der Waals surface area contributed by atoms with Crippen LogP contribution in [0.25, 0.3) is 0 Å². The number of benzene rings is 1. The molecule has 0 radical (unpaired) electrons. The van der Waals surface area contributed by atoms with Crippen molar-refractivity contribution in [2.75, 3.05) is 6.79 Å². The number of ether oxygens (including phenoxy) is 2. The van der Waals surface area contributed by atoms with Crippen LogP contribution in [0, 0.1) is 0 Å². The number of Topliss-reactive ketones (excluding diaryl/α,β-unsaturated/α-hetero) is 1. The van der Waals surface area contributed by atoms with Crippen molar-refractivity contribution in [3.63, 3.8) is 0 Å². The summed E-state index contributed by atoms with van der Waals surface area (Å²) in [5, 5.41) is 0. The number of rotatable bonds is 3. The third kappa shape index (κ3) is 1.59. The Morgan fingerprint density at radius 2 is 2.14 bits per heavy atom. The molecule has 0 atom stereocenters. The van der Waals surface area contributed by atoms with Crippen molar-refractivity contribution in [3.8, 4) is 11.5 Å². The van der Waals surface area contributed by atoms with Crippen LogP contribution >= 0.6 is 0 Å². The van der Waals surface area contributed by atoms with Gasteiger partial charge in [0.2, 0.25) is 6.79 Å². The van der Waals surface area contributed by atoms with E-state index >= 15 is 0 Å². The highest BCUT2D eigenvalue weighted by molar-refractivity contribution is 6.25. The van der Waals surface area contributed by atoms with Crippen molar-refractivity contribution in [1.82, 2.24) is 0 Å². The highest BCUT2D eigenvalue weighted by atomic mass is 16.7. The molecule has 2 rings (SSSR count). The van der Waals surface area contributed by atoms with E-state index in [2.05, 4.69) is 0 Å². The maximum atomic E-state index is 10.8. The summed E-state index contributed by atoms with van der Waals surface area (Å²) in [5.41, 5.74) is 0.756. The first-order valence-electron chi connectivity index (χ1n) is 4.16. The van der Waals surface area contributed by atoms with E-state index in [-0.39, 0.29) is 13.2 Å². The third-order valence-electron chi connectivity index (χ3n) is 1.95. The fourth-order valence-corrected chi connectivity index (χ4v) is 1.29. The maximum absolute atomic E-state index is 10.8. The average molecular weight is 192 g/mol. The van der Waals surface area contributed by atoms with Crippen LogP contribution in [0.2, 0.25) is 0 Å². The molecule has 72 valence electrons. The van der Waals surface area contributed by atoms with Gasteiger partial charge in [-0.1, -0.05) is 6.07 Å². The molecule has 1 aliphatic rings. The number of ketones is 1. The molecular formula is C10H8O4. The zero-order valence-electron chi connectivity index (χ0n) is 7.36. The van der Waals surface area contributed by atoms with E-state index in [4.69, 9.17) is 9.47 Å². The Morgan fingerprint density at radius 1 is 1.36 bits per heavy atom. The van der Waals surface area contributed by atoms with E-state index < -0.39 is 5.78 Å². The van der Waals surface area contributed by atoms with Gasteiger partial charge in [-0.2, -0.15) is 0 Å². The Bertz CT molecular complexity index is 384. The molecule has 4 nitrogen and oxygen atoms in total. The first-order valence-corrected chi connectivity index (χ1v) is 4.16. The lowest BCUT2D eigenvalue weighted by molar-refractivity contribution is -0.129. The lowest BCUT2D eigenvalue weighted by Crippen LogP contribution is -2.02. The van der Waals surface area contributed by atoms with Crippen molar-refractivity contribution in [3.05, 3.63) is 23.8 Å². The second-order valence-electron chi connectivity index (χ2n) is 2.95. The van der Waals surface area contributed by atoms with E-state index in [1.54, 1.807) is 18.2 Å². The fraction of sp³-hybridized carbons (Fsp3) is 0.200. The predicted molar refractivity (Wildman–Crippen MR) is 47.3 cm³/mol. The molecule has 0 fully saturated rings. The highest BCUT2D eigenvalue weighted by Gasteiger charge is 2.13. The summed E-state index contributed by atoms with van der Waals surface area (Å²) >= 11 is 0. The minimum Gasteiger partial charge on any atom is -0.454 e. The van der Waals surface area contributed by atoms with Gasteiger partial charge in [0.1, 0.15) is 0 Å². The Labute approximate surface area is 80.4 Å². The van der Waals surface area contributed by atoms with Gasteiger partial charge in [-0.3, -0.25) is 9.59 Å². The van der Waals surface area contributed by atoms with Crippen molar-refractivity contribution in [1.29, 1.82) is 0 Å². The standard InChI is InChI=1S/C10H8O4/c11-5-8(12)3-7-1-2-9-10(4-7)14-6-13-9/h1-2,4-5H,3,6H2. The first-order chi connectivity index (χ1) is 6.79. The number of hydrogen-bond acceptors (Lipinski definition) is 4. The Hall–Kier alpha value is -1.84. The molecule has 0 spiro atoms. The maximum Gasteiger partial charge on any atom is 0.231 e. The molecule has 1 aromatic rings. The number of aldehydes is 1. The molecule has 1 aromatic carbocycles. The number of fused-ring (bicyclic) bond motifs is 1. The van der Waals surface area contributed by atoms with Gasteiger partial charge in [-0.25, -0.2) is 0 Å². The molecule has 0 saturated heterocycles. The van der Waals surface area contributed by atoms with Gasteiger partial charge in [-0.05, 0) is 17.7 Å². The minimum absolute atomic E-state index is 0.111. The topological polar surface area (TPSA) is 52.6 Å². The quantitative estimate of drug-likeness (QED) is 0.523. The molecule has 0 aliphatic carbocycles. The smallest absolute Gasteiger partial charge is 0.231 e. The second-order valence-corrected chi connectivity index (χ2v) is 2.95. The van der Waals surface area contributed by atoms with E-state index in [1.165, 1.54) is 0 Å². The summed E-state index contributed by atoms with van der Waals surface area (Å²) in [6.45, 7) is 0.209. The van der Waals surface area contributed by atoms with Crippen molar-refractivity contribution in [2.45, 2.75) is 6.42 Å². The molecule has 14 heavy (non-hydrogen) atoms. The Balaban J connectivity index is 2.20. The first kappa shape index (κ1) is 8.74. The van der Waals surface area contributed by atoms with Crippen molar-refractivity contribution in [2.24, 2.45) is 0 Å². The minimum atomic E-state index is -0.441. The fourth-order valence-electron chi connectivity index (χ4n) is 1.29. The van der Waals surface area contributed by atoms with Gasteiger partial charge < -0.3 is 9.47 Å². The van der Waals surface area contributed by atoms with Crippen molar-refractivity contribution < 1.29 is 19.1 Å². The van der Waals surface area contributed by atoms with Crippen molar-refractivity contribution >= 4 is 12.1 Å². The normalized spacial score (nSPS) is 12.6. The molecular weight excluding hydrogens is 184 g/mol. The van der Waals surface area contributed by atoms with Crippen LogP contribution in [-0.2, 0) is 16.0 Å². The van der Waals surface area contributed by atoms with E-state index in [9.17, 15) is 9.59 Å². The number of carbonyl (C=O) groups is 2. The lowest BCUT2D eigenvalue weighted by atomic mass is 10.1. The third-order valence-corrected chi connectivity index (χ3v) is 1.95. The van der Waals surface area contributed by atoms with Crippen LogP contribution in [0.4, 0.5) is 0 Å². The Morgan fingerprint density at radius 3 is 2.93 bits per heavy atom. The number of carbonyl (C=O) groups excluding carboxylic acids is 2. The summed E-state index contributed by atoms with van der Waals surface area (Å²) in [7, 11) is 0. The zero-order chi connectivity index (χ0) is 9.97. The monoisotopic (exact) mass is 192 g/mol.